The molecule has 1 aliphatic rings. The fourth-order valence-electron chi connectivity index (χ4n) is 3.13. The van der Waals surface area contributed by atoms with Crippen LogP contribution < -0.4 is 4.90 Å². The zero-order valence-corrected chi connectivity index (χ0v) is 17.5. The number of aliphatic hydroxyl groups is 1. The Morgan fingerprint density at radius 1 is 1.10 bits per heavy atom. The molecule has 1 amide bonds. The molecule has 146 valence electrons. The third-order valence-corrected chi connectivity index (χ3v) is 6.60. The van der Waals surface area contributed by atoms with Gasteiger partial charge in [-0.3, -0.25) is 14.5 Å². The highest BCUT2D eigenvalue weighted by Gasteiger charge is 2.48. The summed E-state index contributed by atoms with van der Waals surface area (Å²) in [6.07, 6.45) is 1.85. The van der Waals surface area contributed by atoms with Crippen LogP contribution >= 0.6 is 34.7 Å². The van der Waals surface area contributed by atoms with Gasteiger partial charge in [0.1, 0.15) is 5.76 Å². The topological polar surface area (TPSA) is 83.4 Å². The first-order valence-corrected chi connectivity index (χ1v) is 10.9. The number of carbonyl (C=O) groups is 2. The predicted molar refractivity (Wildman–Crippen MR) is 114 cm³/mol. The summed E-state index contributed by atoms with van der Waals surface area (Å²) < 4.78 is 0.673. The van der Waals surface area contributed by atoms with Crippen LogP contribution in [0.5, 0.6) is 0 Å². The minimum Gasteiger partial charge on any atom is -0.507 e. The van der Waals surface area contributed by atoms with Crippen LogP contribution in [-0.2, 0) is 9.59 Å². The number of carbonyl (C=O) groups excluding carboxylic acids is 2. The molecule has 0 spiro atoms. The van der Waals surface area contributed by atoms with E-state index in [1.165, 1.54) is 28.0 Å². The number of nitrogens with zero attached hydrogens (tertiary/aromatic N) is 3. The van der Waals surface area contributed by atoms with Crippen molar-refractivity contribution in [2.45, 2.75) is 10.4 Å². The highest BCUT2D eigenvalue weighted by atomic mass is 35.5. The first-order valence-electron chi connectivity index (χ1n) is 8.50. The number of anilines is 1. The van der Waals surface area contributed by atoms with Crippen LogP contribution in [0.3, 0.4) is 0 Å². The Kier molecular flexibility index (Phi) is 5.40. The smallest absolute Gasteiger partial charge is 0.301 e. The minimum absolute atomic E-state index is 0.00410. The van der Waals surface area contributed by atoms with Crippen LogP contribution in [0, 0.1) is 0 Å². The summed E-state index contributed by atoms with van der Waals surface area (Å²) in [5.74, 6) is -1.78. The molecule has 0 saturated carbocycles. The zero-order valence-electron chi connectivity index (χ0n) is 15.1. The minimum atomic E-state index is -0.811. The number of ketones is 1. The maximum atomic E-state index is 12.9. The number of amides is 1. The molecule has 1 N–H and O–H groups in total. The summed E-state index contributed by atoms with van der Waals surface area (Å²) in [6.45, 7) is 0. The van der Waals surface area contributed by atoms with E-state index in [2.05, 4.69) is 10.2 Å². The molecule has 0 bridgehead atoms. The Labute approximate surface area is 179 Å². The van der Waals surface area contributed by atoms with E-state index >= 15 is 0 Å². The molecule has 29 heavy (non-hydrogen) atoms. The fraction of sp³-hybridized carbons (Fsp3) is 0.100. The van der Waals surface area contributed by atoms with E-state index in [9.17, 15) is 14.7 Å². The van der Waals surface area contributed by atoms with E-state index < -0.39 is 17.7 Å². The van der Waals surface area contributed by atoms with E-state index in [-0.39, 0.29) is 11.3 Å². The Bertz CT molecular complexity index is 1110. The molecule has 4 rings (SSSR count). The second-order valence-corrected chi connectivity index (χ2v) is 8.59. The van der Waals surface area contributed by atoms with Gasteiger partial charge in [-0.05, 0) is 36.1 Å². The number of thioether (sulfide) groups is 1. The van der Waals surface area contributed by atoms with E-state index in [1.807, 2.05) is 24.5 Å². The first-order chi connectivity index (χ1) is 14.0. The summed E-state index contributed by atoms with van der Waals surface area (Å²) >= 11 is 8.55. The summed E-state index contributed by atoms with van der Waals surface area (Å²) in [7, 11) is 0. The number of benzene rings is 2. The maximum Gasteiger partial charge on any atom is 0.301 e. The molecule has 0 radical (unpaired) electrons. The molecule has 3 aromatic rings. The zero-order chi connectivity index (χ0) is 20.5. The van der Waals surface area contributed by atoms with Crippen molar-refractivity contribution in [3.8, 4) is 0 Å². The molecule has 1 atom stereocenters. The molecule has 9 heteroatoms. The SMILES string of the molecule is CSc1nnc(N2C(=O)C(=O)C(=C(O)c3ccc(Cl)cc3)[C@@H]2c2ccccc2)s1. The van der Waals surface area contributed by atoms with Crippen molar-refractivity contribution in [2.24, 2.45) is 0 Å². The standard InChI is InChI=1S/C20H14ClN3O3S2/c1-28-20-23-22-19(29-20)24-15(11-5-3-2-4-6-11)14(17(26)18(24)27)16(25)12-7-9-13(21)10-8-12/h2-10,15,25H,1H3/t15-/m0/s1. The number of hydrogen-bond acceptors (Lipinski definition) is 7. The third kappa shape index (κ3) is 3.55. The lowest BCUT2D eigenvalue weighted by Gasteiger charge is -2.22. The average Bonchev–Trinajstić information content (AvgIpc) is 3.31. The lowest BCUT2D eigenvalue weighted by molar-refractivity contribution is -0.132. The summed E-state index contributed by atoms with van der Waals surface area (Å²) in [6, 6.07) is 14.7. The van der Waals surface area contributed by atoms with Crippen molar-refractivity contribution in [2.75, 3.05) is 11.2 Å². The molecule has 1 fully saturated rings. The monoisotopic (exact) mass is 443 g/mol. The second-order valence-electron chi connectivity index (χ2n) is 6.14. The molecule has 1 saturated heterocycles. The molecular weight excluding hydrogens is 430 g/mol. The van der Waals surface area contributed by atoms with E-state index in [0.29, 0.717) is 25.6 Å². The molecule has 0 aliphatic carbocycles. The number of aliphatic hydroxyl groups excluding tert-OH is 1. The quantitative estimate of drug-likeness (QED) is 0.209. The summed E-state index contributed by atoms with van der Waals surface area (Å²) in [4.78, 5) is 27.2. The van der Waals surface area contributed by atoms with E-state index in [4.69, 9.17) is 11.6 Å². The normalized spacial score (nSPS) is 18.4. The van der Waals surface area contributed by atoms with Crippen LogP contribution in [0.4, 0.5) is 5.13 Å². The Morgan fingerprint density at radius 2 is 1.79 bits per heavy atom. The molecule has 1 aromatic heterocycles. The Balaban J connectivity index is 1.91. The lowest BCUT2D eigenvalue weighted by Crippen LogP contribution is -2.29. The third-order valence-electron chi connectivity index (χ3n) is 4.45. The summed E-state index contributed by atoms with van der Waals surface area (Å²) in [5.41, 5.74) is 1.09. The number of Topliss-reactive ketones (excluding diaryl/α,β-unsaturated/α-hetero) is 1. The predicted octanol–water partition coefficient (Wildman–Crippen LogP) is 4.54. The van der Waals surface area contributed by atoms with Crippen LogP contribution in [-0.4, -0.2) is 33.3 Å². The number of aromatic nitrogens is 2. The van der Waals surface area contributed by atoms with Crippen molar-refractivity contribution in [1.82, 2.24) is 10.2 Å². The van der Waals surface area contributed by atoms with Crippen molar-refractivity contribution in [3.05, 3.63) is 76.3 Å². The van der Waals surface area contributed by atoms with Gasteiger partial charge in [-0.1, -0.05) is 65.0 Å². The van der Waals surface area contributed by atoms with Gasteiger partial charge in [-0.15, -0.1) is 10.2 Å². The highest BCUT2D eigenvalue weighted by Crippen LogP contribution is 2.43. The van der Waals surface area contributed by atoms with Gasteiger partial charge in [0, 0.05) is 10.6 Å². The summed E-state index contributed by atoms with van der Waals surface area (Å²) in [5, 5.41) is 19.9. The van der Waals surface area contributed by atoms with Crippen LogP contribution in [0.25, 0.3) is 5.76 Å². The molecule has 6 nitrogen and oxygen atoms in total. The lowest BCUT2D eigenvalue weighted by atomic mass is 9.95. The van der Waals surface area contributed by atoms with Gasteiger partial charge >= 0.3 is 5.91 Å². The first kappa shape index (κ1) is 19.6. The van der Waals surface area contributed by atoms with Crippen molar-refractivity contribution < 1.29 is 14.7 Å². The number of hydrogen-bond donors (Lipinski definition) is 1. The van der Waals surface area contributed by atoms with Crippen molar-refractivity contribution in [3.63, 3.8) is 0 Å². The molecule has 2 aromatic carbocycles. The van der Waals surface area contributed by atoms with Gasteiger partial charge in [0.25, 0.3) is 5.78 Å². The van der Waals surface area contributed by atoms with Gasteiger partial charge < -0.3 is 5.11 Å². The van der Waals surface area contributed by atoms with Crippen LogP contribution in [0.1, 0.15) is 17.2 Å². The molecule has 2 heterocycles. The fourth-order valence-corrected chi connectivity index (χ4v) is 4.54. The second kappa shape index (κ2) is 7.98. The molecule has 0 unspecified atom stereocenters. The molecular formula is C20H14ClN3O3S2. The van der Waals surface area contributed by atoms with E-state index in [0.717, 1.165) is 0 Å². The number of rotatable bonds is 4. The van der Waals surface area contributed by atoms with Gasteiger partial charge in [-0.2, -0.15) is 0 Å². The van der Waals surface area contributed by atoms with Gasteiger partial charge in [-0.25, -0.2) is 0 Å². The largest absolute Gasteiger partial charge is 0.507 e. The Hall–Kier alpha value is -2.68. The van der Waals surface area contributed by atoms with Crippen molar-refractivity contribution >= 4 is 57.3 Å². The van der Waals surface area contributed by atoms with Gasteiger partial charge in [0.2, 0.25) is 5.13 Å². The van der Waals surface area contributed by atoms with E-state index in [1.54, 1.807) is 36.4 Å². The molecule has 1 aliphatic heterocycles. The number of halogens is 1. The highest BCUT2D eigenvalue weighted by molar-refractivity contribution is 8.00. The van der Waals surface area contributed by atoms with Crippen molar-refractivity contribution in [1.29, 1.82) is 0 Å². The van der Waals surface area contributed by atoms with Gasteiger partial charge in [0.05, 0.1) is 11.6 Å². The Morgan fingerprint density at radius 3 is 2.41 bits per heavy atom. The van der Waals surface area contributed by atoms with Crippen LogP contribution in [0.15, 0.2) is 64.5 Å². The maximum absolute atomic E-state index is 12.9. The van der Waals surface area contributed by atoms with Crippen LogP contribution in [0.2, 0.25) is 5.02 Å². The van der Waals surface area contributed by atoms with Gasteiger partial charge in [0.15, 0.2) is 4.34 Å². The average molecular weight is 444 g/mol.